The maximum absolute atomic E-state index is 12.4. The largest absolute Gasteiger partial charge is 0.423 e. The minimum absolute atomic E-state index is 0.353. The quantitative estimate of drug-likeness (QED) is 0.129. The normalized spacial score (nSPS) is 11.8. The smallest absolute Gasteiger partial charge is 0.336 e. The van der Waals surface area contributed by atoms with Crippen molar-refractivity contribution in [1.29, 1.82) is 0 Å². The van der Waals surface area contributed by atoms with Crippen molar-refractivity contribution < 1.29 is 4.42 Å². The van der Waals surface area contributed by atoms with Crippen molar-refractivity contribution in [2.75, 3.05) is 0 Å². The zero-order valence-electron chi connectivity index (χ0n) is 26.1. The number of hydrogen-bond donors (Lipinski definition) is 0. The van der Waals surface area contributed by atoms with Gasteiger partial charge < -0.3 is 4.42 Å². The second kappa shape index (κ2) is 13.1. The van der Waals surface area contributed by atoms with Crippen LogP contribution < -0.4 is 5.63 Å². The minimum atomic E-state index is -0.584. The van der Waals surface area contributed by atoms with Crippen molar-refractivity contribution in [2.24, 2.45) is 0 Å². The molecule has 0 aliphatic heterocycles. The first-order valence-electron chi connectivity index (χ1n) is 16.0. The third-order valence-electron chi connectivity index (χ3n) is 8.59. The molecule has 48 heavy (non-hydrogen) atoms. The molecule has 1 aromatic heterocycles. The van der Waals surface area contributed by atoms with Crippen LogP contribution in [0.4, 0.5) is 0 Å². The molecule has 0 saturated heterocycles. The average molecular weight is 636 g/mol. The zero-order chi connectivity index (χ0) is 32.3. The monoisotopic (exact) mass is 635 g/mol. The van der Waals surface area contributed by atoms with Crippen LogP contribution in [0.15, 0.2) is 212 Å². The molecule has 0 spiro atoms. The van der Waals surface area contributed by atoms with Gasteiger partial charge in [0.25, 0.3) is 0 Å². The van der Waals surface area contributed by atoms with Crippen LogP contribution in [0.1, 0.15) is 0 Å². The van der Waals surface area contributed by atoms with E-state index in [0.29, 0.717) is 5.58 Å². The maximum atomic E-state index is 12.4. The van der Waals surface area contributed by atoms with Crippen molar-refractivity contribution in [3.63, 3.8) is 0 Å². The summed E-state index contributed by atoms with van der Waals surface area (Å²) in [5.74, 6) is 0. The van der Waals surface area contributed by atoms with Crippen LogP contribution in [0, 0.1) is 0 Å². The molecule has 0 N–H and O–H groups in total. The lowest BCUT2D eigenvalue weighted by Crippen LogP contribution is -2.09. The molecule has 3 heteroatoms. The predicted octanol–water partition coefficient (Wildman–Crippen LogP) is 11.6. The van der Waals surface area contributed by atoms with Gasteiger partial charge in [0, 0.05) is 34.7 Å². The van der Waals surface area contributed by atoms with Crippen LogP contribution in [-0.4, -0.2) is 0 Å². The van der Waals surface area contributed by atoms with Crippen LogP contribution in [0.5, 0.6) is 0 Å². The van der Waals surface area contributed by atoms with Crippen molar-refractivity contribution in [3.8, 4) is 44.5 Å². The Morgan fingerprint density at radius 2 is 0.875 bits per heavy atom. The molecule has 1 heterocycles. The maximum Gasteiger partial charge on any atom is 0.336 e. The Morgan fingerprint density at radius 3 is 1.46 bits per heavy atom. The van der Waals surface area contributed by atoms with Crippen LogP contribution in [0.25, 0.3) is 55.5 Å². The predicted molar refractivity (Wildman–Crippen MR) is 199 cm³/mol. The summed E-state index contributed by atoms with van der Waals surface area (Å²) in [7, 11) is -0.584. The molecular formula is C45H31O2S+. The Labute approximate surface area is 283 Å². The third-order valence-corrected chi connectivity index (χ3v) is 10.8. The van der Waals surface area contributed by atoms with Crippen molar-refractivity contribution >= 4 is 21.9 Å². The fraction of sp³-hybridized carbons (Fsp3) is 0. The van der Waals surface area contributed by atoms with Gasteiger partial charge in [-0.05, 0) is 63.7 Å². The standard InChI is InChI=1S/C45H31O2S/c46-42-29-27-33-26-28-38(30-40(33)47-42)48(37-24-14-5-15-25-37)41-31-39(32-16-6-1-7-17-32)43(34-18-8-2-9-19-34)45(36-22-12-4-13-23-36)44(41)35-20-10-3-11-21-35/h1-31H/q+1. The second-order valence-corrected chi connectivity index (χ2v) is 13.6. The van der Waals surface area contributed by atoms with E-state index in [-0.39, 0.29) is 5.63 Å². The van der Waals surface area contributed by atoms with E-state index in [9.17, 15) is 4.79 Å². The fourth-order valence-corrected chi connectivity index (χ4v) is 8.77. The molecule has 0 bridgehead atoms. The van der Waals surface area contributed by atoms with E-state index in [2.05, 4.69) is 176 Å². The van der Waals surface area contributed by atoms with E-state index < -0.39 is 10.9 Å². The highest BCUT2D eigenvalue weighted by Crippen LogP contribution is 2.51. The summed E-state index contributed by atoms with van der Waals surface area (Å²) in [5.41, 5.74) is 9.55. The second-order valence-electron chi connectivity index (χ2n) is 11.6. The van der Waals surface area contributed by atoms with Gasteiger partial charge in [0.1, 0.15) is 16.5 Å². The van der Waals surface area contributed by atoms with Crippen LogP contribution >= 0.6 is 0 Å². The van der Waals surface area contributed by atoms with Gasteiger partial charge in [-0.15, -0.1) is 0 Å². The summed E-state index contributed by atoms with van der Waals surface area (Å²) in [6.07, 6.45) is 0. The van der Waals surface area contributed by atoms with E-state index in [1.165, 1.54) is 32.5 Å². The lowest BCUT2D eigenvalue weighted by molar-refractivity contribution is 0.560. The van der Waals surface area contributed by atoms with Crippen molar-refractivity contribution in [2.45, 2.75) is 14.7 Å². The summed E-state index contributed by atoms with van der Waals surface area (Å²) in [4.78, 5) is 15.8. The summed E-state index contributed by atoms with van der Waals surface area (Å²) in [6, 6.07) is 65.6. The minimum Gasteiger partial charge on any atom is -0.423 e. The van der Waals surface area contributed by atoms with Gasteiger partial charge in [0.2, 0.25) is 0 Å². The molecule has 228 valence electrons. The van der Waals surface area contributed by atoms with E-state index in [4.69, 9.17) is 4.42 Å². The first-order valence-corrected chi connectivity index (χ1v) is 17.2. The summed E-state index contributed by atoms with van der Waals surface area (Å²) < 4.78 is 5.75. The van der Waals surface area contributed by atoms with E-state index in [1.807, 2.05) is 6.07 Å². The van der Waals surface area contributed by atoms with Gasteiger partial charge in [-0.2, -0.15) is 0 Å². The van der Waals surface area contributed by atoms with E-state index in [1.54, 1.807) is 0 Å². The molecule has 8 aromatic rings. The van der Waals surface area contributed by atoms with E-state index >= 15 is 0 Å². The van der Waals surface area contributed by atoms with Gasteiger partial charge in [-0.1, -0.05) is 140 Å². The molecule has 7 aromatic carbocycles. The number of rotatable bonds is 7. The highest BCUT2D eigenvalue weighted by molar-refractivity contribution is 7.97. The fourth-order valence-electron chi connectivity index (χ4n) is 6.47. The van der Waals surface area contributed by atoms with Gasteiger partial charge in [0.15, 0.2) is 14.7 Å². The van der Waals surface area contributed by atoms with Crippen LogP contribution in [0.3, 0.4) is 0 Å². The van der Waals surface area contributed by atoms with Crippen LogP contribution in [0.2, 0.25) is 0 Å². The molecule has 0 radical (unpaired) electrons. The lowest BCUT2D eigenvalue weighted by atomic mass is 9.83. The zero-order valence-corrected chi connectivity index (χ0v) is 26.9. The molecule has 0 aliphatic rings. The molecule has 1 unspecified atom stereocenters. The molecule has 1 atom stereocenters. The van der Waals surface area contributed by atoms with Gasteiger partial charge >= 0.3 is 5.63 Å². The van der Waals surface area contributed by atoms with E-state index in [0.717, 1.165) is 38.1 Å². The first-order chi connectivity index (χ1) is 23.7. The average Bonchev–Trinajstić information content (AvgIpc) is 3.16. The SMILES string of the molecule is O=c1ccc2ccc([S+](c3ccccc3)c3cc(-c4ccccc4)c(-c4ccccc4)c(-c4ccccc4)c3-c3ccccc3)cc2o1. The van der Waals surface area contributed by atoms with Gasteiger partial charge in [-0.3, -0.25) is 0 Å². The summed E-state index contributed by atoms with van der Waals surface area (Å²) >= 11 is 0. The van der Waals surface area contributed by atoms with Gasteiger partial charge in [0.05, 0.1) is 0 Å². The Balaban J connectivity index is 1.57. The highest BCUT2D eigenvalue weighted by Gasteiger charge is 2.36. The number of benzene rings is 7. The third kappa shape index (κ3) is 5.66. The molecule has 0 aliphatic carbocycles. The Morgan fingerprint density at radius 1 is 0.396 bits per heavy atom. The molecule has 0 amide bonds. The van der Waals surface area contributed by atoms with Gasteiger partial charge in [-0.25, -0.2) is 4.79 Å². The summed E-state index contributed by atoms with van der Waals surface area (Å²) in [6.45, 7) is 0. The molecule has 8 rings (SSSR count). The highest BCUT2D eigenvalue weighted by atomic mass is 32.2. The molecule has 2 nitrogen and oxygen atoms in total. The van der Waals surface area contributed by atoms with Crippen LogP contribution in [-0.2, 0) is 10.9 Å². The number of fused-ring (bicyclic) bond motifs is 1. The van der Waals surface area contributed by atoms with Crippen molar-refractivity contribution in [3.05, 3.63) is 198 Å². The summed E-state index contributed by atoms with van der Waals surface area (Å²) in [5, 5.41) is 0.896. The lowest BCUT2D eigenvalue weighted by Gasteiger charge is -2.23. The van der Waals surface area contributed by atoms with Crippen molar-refractivity contribution in [1.82, 2.24) is 0 Å². The number of hydrogen-bond acceptors (Lipinski definition) is 2. The Bertz CT molecular complexity index is 2390. The Hall–Kier alpha value is -5.90. The Kier molecular flexibility index (Phi) is 8.03. The molecule has 0 saturated carbocycles. The molecular weight excluding hydrogens is 605 g/mol. The molecule has 0 fully saturated rings. The topological polar surface area (TPSA) is 30.2 Å². The first kappa shape index (κ1) is 29.5.